The van der Waals surface area contributed by atoms with Crippen molar-refractivity contribution >= 4 is 17.7 Å². The zero-order valence-corrected chi connectivity index (χ0v) is 10.9. The van der Waals surface area contributed by atoms with Crippen molar-refractivity contribution in [3.8, 4) is 5.75 Å². The molecule has 0 amide bonds. The van der Waals surface area contributed by atoms with Crippen molar-refractivity contribution in [1.82, 2.24) is 0 Å². The second kappa shape index (κ2) is 6.42. The highest BCUT2D eigenvalue weighted by atomic mass is 32.2. The minimum Gasteiger partial charge on any atom is -0.475 e. The molecule has 0 spiro atoms. The van der Waals surface area contributed by atoms with Crippen molar-refractivity contribution in [3.05, 3.63) is 47.7 Å². The van der Waals surface area contributed by atoms with Crippen LogP contribution in [-0.4, -0.2) is 17.7 Å². The molecule has 0 unspecified atom stereocenters. The van der Waals surface area contributed by atoms with E-state index in [-0.39, 0.29) is 11.5 Å². The fraction of sp³-hybridized carbons (Fsp3) is 0.154. The molecule has 106 valence electrons. The minimum atomic E-state index is -2.89. The van der Waals surface area contributed by atoms with Crippen LogP contribution < -0.4 is 4.74 Å². The first kappa shape index (κ1) is 14.4. The second-order valence-electron chi connectivity index (χ2n) is 3.70. The number of para-hydroxylation sites is 1. The van der Waals surface area contributed by atoms with Crippen molar-refractivity contribution in [2.75, 3.05) is 0 Å². The van der Waals surface area contributed by atoms with Crippen molar-refractivity contribution in [2.24, 2.45) is 0 Å². The monoisotopic (exact) mass is 300 g/mol. The molecule has 2 aromatic rings. The molecular formula is C13H10F2O4S. The van der Waals surface area contributed by atoms with Crippen LogP contribution in [0.15, 0.2) is 45.9 Å². The normalized spacial score (nSPS) is 10.8. The molecule has 4 nitrogen and oxygen atoms in total. The standard InChI is InChI=1S/C13H10F2O4S/c14-13(15)19-9-4-2-1-3-8(9)7-20-11-6-5-10(18-11)12(16)17/h1-6,13H,7H2,(H,16,17). The van der Waals surface area contributed by atoms with E-state index < -0.39 is 12.6 Å². The van der Waals surface area contributed by atoms with Gasteiger partial charge in [-0.05, 0) is 18.2 Å². The zero-order chi connectivity index (χ0) is 14.5. The van der Waals surface area contributed by atoms with E-state index in [0.29, 0.717) is 16.4 Å². The van der Waals surface area contributed by atoms with Gasteiger partial charge >= 0.3 is 12.6 Å². The Balaban J connectivity index is 2.04. The highest BCUT2D eigenvalue weighted by Gasteiger charge is 2.12. The summed E-state index contributed by atoms with van der Waals surface area (Å²) in [4.78, 5) is 10.7. The largest absolute Gasteiger partial charge is 0.475 e. The minimum absolute atomic E-state index is 0.0972. The molecule has 0 aliphatic carbocycles. The van der Waals surface area contributed by atoms with Crippen LogP contribution in [0, 0.1) is 0 Å². The molecule has 2 rings (SSSR count). The van der Waals surface area contributed by atoms with Crippen LogP contribution in [0.2, 0.25) is 0 Å². The smallest absolute Gasteiger partial charge is 0.387 e. The third-order valence-electron chi connectivity index (χ3n) is 2.35. The molecular weight excluding hydrogens is 290 g/mol. The number of carboxylic acid groups (broad SMARTS) is 1. The molecule has 1 aromatic carbocycles. The predicted octanol–water partition coefficient (Wildman–Crippen LogP) is 3.87. The molecule has 0 aliphatic heterocycles. The van der Waals surface area contributed by atoms with Crippen LogP contribution in [0.25, 0.3) is 0 Å². The van der Waals surface area contributed by atoms with E-state index in [1.54, 1.807) is 18.2 Å². The van der Waals surface area contributed by atoms with Crippen LogP contribution in [0.3, 0.4) is 0 Å². The maximum atomic E-state index is 12.2. The van der Waals surface area contributed by atoms with Gasteiger partial charge in [-0.25, -0.2) is 4.79 Å². The van der Waals surface area contributed by atoms with Crippen LogP contribution in [-0.2, 0) is 5.75 Å². The highest BCUT2D eigenvalue weighted by Crippen LogP contribution is 2.29. The molecule has 0 aliphatic rings. The number of halogens is 2. The number of carbonyl (C=O) groups is 1. The zero-order valence-electron chi connectivity index (χ0n) is 10.1. The Kier molecular flexibility index (Phi) is 4.62. The molecule has 7 heteroatoms. The van der Waals surface area contributed by atoms with Gasteiger partial charge in [0.2, 0.25) is 5.76 Å². The van der Waals surface area contributed by atoms with Crippen LogP contribution >= 0.6 is 11.8 Å². The Labute approximate surface area is 117 Å². The van der Waals surface area contributed by atoms with Gasteiger partial charge in [0.1, 0.15) is 5.75 Å². The number of hydrogen-bond donors (Lipinski definition) is 1. The number of hydrogen-bond acceptors (Lipinski definition) is 4. The van der Waals surface area contributed by atoms with E-state index in [4.69, 9.17) is 9.52 Å². The number of aromatic carboxylic acids is 1. The Morgan fingerprint density at radius 2 is 2.05 bits per heavy atom. The molecule has 20 heavy (non-hydrogen) atoms. The highest BCUT2D eigenvalue weighted by molar-refractivity contribution is 7.98. The van der Waals surface area contributed by atoms with Crippen LogP contribution in [0.5, 0.6) is 5.75 Å². The van der Waals surface area contributed by atoms with Gasteiger partial charge in [-0.15, -0.1) is 0 Å². The van der Waals surface area contributed by atoms with E-state index in [2.05, 4.69) is 4.74 Å². The quantitative estimate of drug-likeness (QED) is 0.821. The van der Waals surface area contributed by atoms with Crippen LogP contribution in [0.4, 0.5) is 8.78 Å². The van der Waals surface area contributed by atoms with E-state index in [1.807, 2.05) is 0 Å². The molecule has 0 bridgehead atoms. The summed E-state index contributed by atoms with van der Waals surface area (Å²) in [6.07, 6.45) is 0. The molecule has 1 N–H and O–H groups in total. The predicted molar refractivity (Wildman–Crippen MR) is 68.3 cm³/mol. The summed E-state index contributed by atoms with van der Waals surface area (Å²) in [7, 11) is 0. The SMILES string of the molecule is O=C(O)c1ccc(SCc2ccccc2OC(F)F)o1. The first-order valence-electron chi connectivity index (χ1n) is 5.55. The second-order valence-corrected chi connectivity index (χ2v) is 4.68. The average molecular weight is 300 g/mol. The molecule has 1 heterocycles. The molecule has 0 fully saturated rings. The van der Waals surface area contributed by atoms with Gasteiger partial charge in [-0.3, -0.25) is 0 Å². The summed E-state index contributed by atoms with van der Waals surface area (Å²) in [6.45, 7) is -2.89. The van der Waals surface area contributed by atoms with Gasteiger partial charge in [0, 0.05) is 11.3 Å². The maximum absolute atomic E-state index is 12.2. The average Bonchev–Trinajstić information content (AvgIpc) is 2.86. The van der Waals surface area contributed by atoms with Crippen molar-refractivity contribution in [3.63, 3.8) is 0 Å². The Hall–Kier alpha value is -2.02. The Morgan fingerprint density at radius 3 is 2.70 bits per heavy atom. The van der Waals surface area contributed by atoms with Gasteiger partial charge in [-0.2, -0.15) is 8.78 Å². The fourth-order valence-corrected chi connectivity index (χ4v) is 2.34. The summed E-state index contributed by atoms with van der Waals surface area (Å²) in [6, 6.07) is 9.27. The number of rotatable bonds is 6. The van der Waals surface area contributed by atoms with Gasteiger partial charge < -0.3 is 14.3 Å². The van der Waals surface area contributed by atoms with Gasteiger partial charge in [-0.1, -0.05) is 30.0 Å². The van der Waals surface area contributed by atoms with Crippen LogP contribution in [0.1, 0.15) is 16.1 Å². The lowest BCUT2D eigenvalue weighted by Crippen LogP contribution is -2.03. The van der Waals surface area contributed by atoms with Crippen molar-refractivity contribution < 1.29 is 27.8 Å². The third kappa shape index (κ3) is 3.74. The number of thioether (sulfide) groups is 1. The molecule has 1 aromatic heterocycles. The Morgan fingerprint density at radius 1 is 1.30 bits per heavy atom. The number of benzene rings is 1. The number of furan rings is 1. The fourth-order valence-electron chi connectivity index (χ4n) is 1.50. The molecule has 0 radical (unpaired) electrons. The first-order chi connectivity index (χ1) is 9.56. The van der Waals surface area contributed by atoms with E-state index in [0.717, 1.165) is 0 Å². The topological polar surface area (TPSA) is 59.7 Å². The van der Waals surface area contributed by atoms with Gasteiger partial charge in [0.15, 0.2) is 5.09 Å². The summed E-state index contributed by atoms with van der Waals surface area (Å²) in [5.74, 6) is -0.891. The lowest BCUT2D eigenvalue weighted by Gasteiger charge is -2.09. The molecule has 0 atom stereocenters. The summed E-state index contributed by atoms with van der Waals surface area (Å²) in [5.41, 5.74) is 0.575. The maximum Gasteiger partial charge on any atom is 0.387 e. The molecule has 0 saturated carbocycles. The van der Waals surface area contributed by atoms with E-state index >= 15 is 0 Å². The van der Waals surface area contributed by atoms with Gasteiger partial charge in [0.05, 0.1) is 0 Å². The van der Waals surface area contributed by atoms with Gasteiger partial charge in [0.25, 0.3) is 0 Å². The van der Waals surface area contributed by atoms with E-state index in [9.17, 15) is 13.6 Å². The lowest BCUT2D eigenvalue weighted by molar-refractivity contribution is -0.0503. The number of carboxylic acids is 1. The molecule has 0 saturated heterocycles. The first-order valence-corrected chi connectivity index (χ1v) is 6.53. The van der Waals surface area contributed by atoms with Crippen molar-refractivity contribution in [2.45, 2.75) is 17.5 Å². The van der Waals surface area contributed by atoms with Crippen molar-refractivity contribution in [1.29, 1.82) is 0 Å². The Bertz CT molecular complexity index is 598. The van der Waals surface area contributed by atoms with E-state index in [1.165, 1.54) is 30.0 Å². The number of alkyl halides is 2. The summed E-state index contributed by atoms with van der Waals surface area (Å²) in [5, 5.41) is 9.12. The number of ether oxygens (including phenoxy) is 1. The lowest BCUT2D eigenvalue weighted by atomic mass is 10.2. The summed E-state index contributed by atoms with van der Waals surface area (Å²) >= 11 is 1.20. The third-order valence-corrected chi connectivity index (χ3v) is 3.31. The summed E-state index contributed by atoms with van der Waals surface area (Å²) < 4.78 is 34.0.